The second-order valence-corrected chi connectivity index (χ2v) is 8.09. The molecule has 146 valence electrons. The largest absolute Gasteiger partial charge is 0.322 e. The van der Waals surface area contributed by atoms with Crippen molar-refractivity contribution in [1.29, 1.82) is 0 Å². The lowest BCUT2D eigenvalue weighted by Crippen LogP contribution is -2.17. The molecule has 0 spiro atoms. The van der Waals surface area contributed by atoms with Crippen LogP contribution in [0.4, 0.5) is 11.4 Å². The third kappa shape index (κ3) is 5.40. The fourth-order valence-corrected chi connectivity index (χ4v) is 3.80. The molecule has 0 unspecified atom stereocenters. The van der Waals surface area contributed by atoms with Gasteiger partial charge in [-0.1, -0.05) is 25.1 Å². The second kappa shape index (κ2) is 8.66. The lowest BCUT2D eigenvalue weighted by Gasteiger charge is -2.10. The van der Waals surface area contributed by atoms with Gasteiger partial charge in [0.2, 0.25) is 10.0 Å². The van der Waals surface area contributed by atoms with Crippen molar-refractivity contribution in [2.45, 2.75) is 19.9 Å². The number of carbonyl (C=O) groups is 1. The predicted molar refractivity (Wildman–Crippen MR) is 108 cm³/mol. The zero-order chi connectivity index (χ0) is 20.0. The molecule has 3 rings (SSSR count). The van der Waals surface area contributed by atoms with Crippen LogP contribution in [-0.2, 0) is 16.6 Å². The number of anilines is 2. The van der Waals surface area contributed by atoms with Crippen molar-refractivity contribution in [2.75, 3.05) is 15.8 Å². The Kier molecular flexibility index (Phi) is 6.05. The zero-order valence-electron chi connectivity index (χ0n) is 15.4. The Labute approximate surface area is 163 Å². The highest BCUT2D eigenvalue weighted by molar-refractivity contribution is 7.92. The Morgan fingerprint density at radius 3 is 2.64 bits per heavy atom. The van der Waals surface area contributed by atoms with Gasteiger partial charge in [-0.25, -0.2) is 18.1 Å². The van der Waals surface area contributed by atoms with Gasteiger partial charge in [-0.05, 0) is 42.3 Å². The summed E-state index contributed by atoms with van der Waals surface area (Å²) in [5, 5.41) is 6.90. The van der Waals surface area contributed by atoms with Crippen molar-refractivity contribution in [2.24, 2.45) is 0 Å². The van der Waals surface area contributed by atoms with E-state index < -0.39 is 10.0 Å². The third-order valence-corrected chi connectivity index (χ3v) is 5.36. The molecule has 0 saturated carbocycles. The maximum absolute atomic E-state index is 12.6. The number of hydrogen-bond acceptors (Lipinski definition) is 5. The lowest BCUT2D eigenvalue weighted by molar-refractivity contribution is 0.102. The minimum Gasteiger partial charge on any atom is -0.322 e. The van der Waals surface area contributed by atoms with Crippen LogP contribution in [0.2, 0.25) is 0 Å². The van der Waals surface area contributed by atoms with Crippen LogP contribution in [0, 0.1) is 0 Å². The highest BCUT2D eigenvalue weighted by atomic mass is 32.2. The number of hydrogen-bond donors (Lipinski definition) is 2. The molecule has 1 aromatic heterocycles. The highest BCUT2D eigenvalue weighted by Crippen LogP contribution is 2.16. The summed E-state index contributed by atoms with van der Waals surface area (Å²) in [6.45, 7) is 2.33. The monoisotopic (exact) mass is 399 g/mol. The first-order valence-electron chi connectivity index (χ1n) is 8.78. The number of amides is 1. The van der Waals surface area contributed by atoms with E-state index in [4.69, 9.17) is 0 Å². The van der Waals surface area contributed by atoms with Crippen molar-refractivity contribution >= 4 is 27.3 Å². The van der Waals surface area contributed by atoms with E-state index in [2.05, 4.69) is 20.1 Å². The van der Waals surface area contributed by atoms with Crippen LogP contribution in [0.25, 0.3) is 0 Å². The van der Waals surface area contributed by atoms with Crippen LogP contribution in [0.5, 0.6) is 0 Å². The maximum Gasteiger partial charge on any atom is 0.255 e. The summed E-state index contributed by atoms with van der Waals surface area (Å²) in [6, 6.07) is 13.8. The summed E-state index contributed by atoms with van der Waals surface area (Å²) in [4.78, 5) is 16.5. The zero-order valence-corrected chi connectivity index (χ0v) is 16.2. The van der Waals surface area contributed by atoms with Crippen LogP contribution in [0.3, 0.4) is 0 Å². The smallest absolute Gasteiger partial charge is 0.255 e. The van der Waals surface area contributed by atoms with E-state index >= 15 is 0 Å². The number of nitrogens with zero attached hydrogens (tertiary/aromatic N) is 3. The number of carbonyl (C=O) groups excluding carboxylic acids is 1. The van der Waals surface area contributed by atoms with Gasteiger partial charge in [0.15, 0.2) is 0 Å². The minimum absolute atomic E-state index is 0.0298. The van der Waals surface area contributed by atoms with Gasteiger partial charge >= 0.3 is 0 Å². The van der Waals surface area contributed by atoms with Crippen molar-refractivity contribution in [3.05, 3.63) is 72.3 Å². The third-order valence-electron chi connectivity index (χ3n) is 3.87. The topological polar surface area (TPSA) is 106 Å². The first-order chi connectivity index (χ1) is 13.4. The summed E-state index contributed by atoms with van der Waals surface area (Å²) in [5.74, 6) is -0.295. The average Bonchev–Trinajstić information content (AvgIpc) is 3.14. The van der Waals surface area contributed by atoms with Gasteiger partial charge in [-0.3, -0.25) is 9.52 Å². The maximum atomic E-state index is 12.6. The number of benzene rings is 2. The molecule has 0 aliphatic heterocycles. The summed E-state index contributed by atoms with van der Waals surface area (Å²) in [7, 11) is -3.41. The molecule has 0 atom stereocenters. The number of sulfonamides is 1. The van der Waals surface area contributed by atoms with Crippen molar-refractivity contribution in [1.82, 2.24) is 14.8 Å². The number of nitrogens with one attached hydrogen (secondary N) is 2. The summed E-state index contributed by atoms with van der Waals surface area (Å²) >= 11 is 0. The van der Waals surface area contributed by atoms with E-state index in [1.54, 1.807) is 42.2 Å². The molecule has 28 heavy (non-hydrogen) atoms. The minimum atomic E-state index is -3.41. The van der Waals surface area contributed by atoms with E-state index in [1.807, 2.05) is 18.2 Å². The molecule has 0 aliphatic rings. The van der Waals surface area contributed by atoms with Gasteiger partial charge < -0.3 is 5.32 Å². The van der Waals surface area contributed by atoms with Crippen molar-refractivity contribution in [3.63, 3.8) is 0 Å². The molecular formula is C19H21N5O3S. The predicted octanol–water partition coefficient (Wildman–Crippen LogP) is 2.73. The molecule has 3 aromatic rings. The molecule has 0 bridgehead atoms. The van der Waals surface area contributed by atoms with Gasteiger partial charge in [-0.15, -0.1) is 0 Å². The van der Waals surface area contributed by atoms with Crippen LogP contribution in [0.15, 0.2) is 61.2 Å². The molecule has 0 radical (unpaired) electrons. The summed E-state index contributed by atoms with van der Waals surface area (Å²) < 4.78 is 28.0. The summed E-state index contributed by atoms with van der Waals surface area (Å²) in [6.07, 6.45) is 3.60. The van der Waals surface area contributed by atoms with E-state index in [9.17, 15) is 13.2 Å². The molecule has 2 N–H and O–H groups in total. The Morgan fingerprint density at radius 2 is 1.89 bits per heavy atom. The van der Waals surface area contributed by atoms with Crippen LogP contribution >= 0.6 is 0 Å². The average molecular weight is 399 g/mol. The Morgan fingerprint density at radius 1 is 1.11 bits per heavy atom. The van der Waals surface area contributed by atoms with Crippen molar-refractivity contribution < 1.29 is 13.2 Å². The summed E-state index contributed by atoms with van der Waals surface area (Å²) in [5.41, 5.74) is 2.32. The van der Waals surface area contributed by atoms with Gasteiger partial charge in [0.05, 0.1) is 12.3 Å². The molecule has 8 nitrogen and oxygen atoms in total. The van der Waals surface area contributed by atoms with Gasteiger partial charge in [0.25, 0.3) is 5.91 Å². The van der Waals surface area contributed by atoms with Crippen LogP contribution in [-0.4, -0.2) is 34.8 Å². The van der Waals surface area contributed by atoms with Crippen LogP contribution < -0.4 is 10.0 Å². The quantitative estimate of drug-likeness (QED) is 0.606. The first kappa shape index (κ1) is 19.6. The SMILES string of the molecule is CCCS(=O)(=O)Nc1cccc(C(=O)Nc2cccc(Cn3cncn3)c2)c1. The van der Waals surface area contributed by atoms with Gasteiger partial charge in [-0.2, -0.15) is 5.10 Å². The second-order valence-electron chi connectivity index (χ2n) is 6.25. The van der Waals surface area contributed by atoms with Crippen molar-refractivity contribution in [3.8, 4) is 0 Å². The normalized spacial score (nSPS) is 11.2. The van der Waals surface area contributed by atoms with Crippen LogP contribution in [0.1, 0.15) is 29.3 Å². The Bertz CT molecular complexity index is 1050. The molecule has 2 aromatic carbocycles. The fraction of sp³-hybridized carbons (Fsp3) is 0.211. The van der Waals surface area contributed by atoms with E-state index in [-0.39, 0.29) is 11.7 Å². The Hall–Kier alpha value is -3.20. The molecule has 0 fully saturated rings. The van der Waals surface area contributed by atoms with Gasteiger partial charge in [0.1, 0.15) is 12.7 Å². The van der Waals surface area contributed by atoms with E-state index in [1.165, 1.54) is 12.4 Å². The number of rotatable bonds is 8. The first-order valence-corrected chi connectivity index (χ1v) is 10.4. The number of aromatic nitrogens is 3. The molecule has 9 heteroatoms. The molecule has 0 aliphatic carbocycles. The molecule has 1 amide bonds. The lowest BCUT2D eigenvalue weighted by atomic mass is 10.1. The van der Waals surface area contributed by atoms with E-state index in [0.29, 0.717) is 29.9 Å². The Balaban J connectivity index is 1.70. The molecule has 0 saturated heterocycles. The fourth-order valence-electron chi connectivity index (χ4n) is 2.68. The van der Waals surface area contributed by atoms with E-state index in [0.717, 1.165) is 5.56 Å². The molecular weight excluding hydrogens is 378 g/mol. The molecule has 1 heterocycles. The highest BCUT2D eigenvalue weighted by Gasteiger charge is 2.12. The standard InChI is InChI=1S/C19H21N5O3S/c1-2-9-28(26,27)23-18-8-4-6-16(11-18)19(25)22-17-7-3-5-15(10-17)12-24-14-20-13-21-24/h3-8,10-11,13-14,23H,2,9,12H2,1H3,(H,22,25). The van der Waals surface area contributed by atoms with Gasteiger partial charge in [0, 0.05) is 16.9 Å².